The maximum atomic E-state index is 7.92. The van der Waals surface area contributed by atoms with Crippen molar-refractivity contribution >= 4 is 0 Å². The highest BCUT2D eigenvalue weighted by atomic mass is 16.2. The third-order valence-corrected chi connectivity index (χ3v) is 3.70. The van der Waals surface area contributed by atoms with Crippen molar-refractivity contribution in [2.45, 2.75) is 38.8 Å². The molecule has 0 aliphatic heterocycles. The van der Waals surface area contributed by atoms with Gasteiger partial charge in [0.05, 0.1) is 12.0 Å². The number of rotatable bonds is 7. The van der Waals surface area contributed by atoms with Gasteiger partial charge < -0.3 is 10.4 Å². The summed E-state index contributed by atoms with van der Waals surface area (Å²) in [5.41, 5.74) is 2.09. The predicted molar refractivity (Wildman–Crippen MR) is 126 cm³/mol. The Morgan fingerprint density at radius 2 is 1.52 bits per heavy atom. The molecule has 0 radical (unpaired) electrons. The Kier molecular flexibility index (Phi) is 8.24. The standard InChI is InChI=1S/C13H17N.C10H15N.C3H4O/c1-4-10-14(3)12(2)11-13-8-6-5-7-9-13;1-9(11-2)8-10-6-4-3-5-7-10;1-2-3-4/h1,5-9,12H,10-11H2,2-3H3;3-7,9,11H,8H2,1-2H3;1,4H,3H2/t12-;9-;/m11./s1/i3D3,10D2;2D3;3D2. The highest BCUT2D eigenvalue weighted by Crippen LogP contribution is 2.06. The first-order valence-electron chi connectivity index (χ1n) is 14.0. The molecule has 2 atom stereocenters. The van der Waals surface area contributed by atoms with Gasteiger partial charge in [0.1, 0.15) is 6.56 Å². The number of benzene rings is 2. The molecule has 0 fully saturated rings. The number of nitrogens with one attached hydrogen (secondary N) is 1. The van der Waals surface area contributed by atoms with Gasteiger partial charge in [-0.3, -0.25) is 4.90 Å². The van der Waals surface area contributed by atoms with Crippen LogP contribution in [0.5, 0.6) is 0 Å². The lowest BCUT2D eigenvalue weighted by atomic mass is 10.1. The van der Waals surface area contributed by atoms with Gasteiger partial charge in [0, 0.05) is 20.3 Å². The van der Waals surface area contributed by atoms with E-state index in [4.69, 9.17) is 25.2 Å². The van der Waals surface area contributed by atoms with E-state index >= 15 is 0 Å². The molecule has 2 N–H and O–H groups in total. The summed E-state index contributed by atoms with van der Waals surface area (Å²) < 4.78 is 71.2. The fraction of sp³-hybridized carbons (Fsp3) is 0.385. The Labute approximate surface area is 192 Å². The molecule has 2 aromatic carbocycles. The number of hydrogen-bond acceptors (Lipinski definition) is 3. The molecule has 0 aliphatic carbocycles. The minimum absolute atomic E-state index is 0.0371. The fourth-order valence-corrected chi connectivity index (χ4v) is 2.24. The molecular formula is C26H36N2O. The van der Waals surface area contributed by atoms with E-state index in [-0.39, 0.29) is 6.04 Å². The summed E-state index contributed by atoms with van der Waals surface area (Å²) in [6.07, 6.45) is 10.7. The SMILES string of the molecule is [2H]C([2H])(O)C#C.[2H]C([2H])([2H])N([C@H](C)Cc1ccccc1)C([2H])([2H])C#C.[2H]C([2H])([2H])N[C@H](C)Cc1ccccc1. The van der Waals surface area contributed by atoms with Gasteiger partial charge >= 0.3 is 0 Å². The van der Waals surface area contributed by atoms with E-state index in [0.717, 1.165) is 22.4 Å². The quantitative estimate of drug-likeness (QED) is 0.694. The number of nitrogens with zero attached hydrogens (tertiary/aromatic N) is 1. The van der Waals surface area contributed by atoms with Gasteiger partial charge in [0.15, 0.2) is 0 Å². The molecule has 0 spiro atoms. The Bertz CT molecular complexity index is 1040. The molecule has 3 heteroatoms. The first-order chi connectivity index (χ1) is 17.7. The Hall–Kier alpha value is -2.56. The lowest BCUT2D eigenvalue weighted by molar-refractivity contribution is 0.287. The van der Waals surface area contributed by atoms with E-state index in [1.807, 2.05) is 73.5 Å². The molecular weight excluding hydrogens is 356 g/mol. The second kappa shape index (κ2) is 17.5. The van der Waals surface area contributed by atoms with E-state index < -0.39 is 33.0 Å². The van der Waals surface area contributed by atoms with Crippen molar-refractivity contribution in [2.75, 3.05) is 27.0 Å². The van der Waals surface area contributed by atoms with Crippen LogP contribution in [0.1, 0.15) is 38.7 Å². The van der Waals surface area contributed by atoms with E-state index in [9.17, 15) is 0 Å². The van der Waals surface area contributed by atoms with Crippen LogP contribution in [0.4, 0.5) is 0 Å². The molecule has 0 aliphatic rings. The first kappa shape index (κ1) is 13.6. The zero-order valence-electron chi connectivity index (χ0n) is 26.9. The van der Waals surface area contributed by atoms with Gasteiger partial charge in [-0.25, -0.2) is 0 Å². The fourth-order valence-electron chi connectivity index (χ4n) is 2.24. The summed E-state index contributed by atoms with van der Waals surface area (Å²) in [7, 11) is 0. The van der Waals surface area contributed by atoms with Crippen molar-refractivity contribution < 1.29 is 18.8 Å². The number of terminal acetylenes is 2. The molecule has 0 heterocycles. The lowest BCUT2D eigenvalue weighted by Crippen LogP contribution is -2.31. The van der Waals surface area contributed by atoms with E-state index in [1.165, 1.54) is 5.92 Å². The monoisotopic (exact) mass is 402 g/mol. The summed E-state index contributed by atoms with van der Waals surface area (Å²) >= 11 is 0. The second-order valence-electron chi connectivity index (χ2n) is 6.16. The van der Waals surface area contributed by atoms with Crippen LogP contribution < -0.4 is 5.32 Å². The summed E-state index contributed by atoms with van der Waals surface area (Å²) in [4.78, 5) is 0.771. The Morgan fingerprint density at radius 3 is 1.93 bits per heavy atom. The number of likely N-dealkylation sites (N-methyl/N-ethyl adjacent to an activating group) is 2. The Balaban J connectivity index is 0.000000631. The number of hydrogen-bond donors (Lipinski definition) is 2. The predicted octanol–water partition coefficient (Wildman–Crippen LogP) is 3.63. The van der Waals surface area contributed by atoms with Crippen molar-refractivity contribution in [1.82, 2.24) is 10.2 Å². The molecule has 0 amide bonds. The molecule has 0 unspecified atom stereocenters. The van der Waals surface area contributed by atoms with Gasteiger partial charge in [-0.2, -0.15) is 0 Å². The van der Waals surface area contributed by atoms with Crippen molar-refractivity contribution in [3.8, 4) is 24.7 Å². The smallest absolute Gasteiger partial charge is 0.103 e. The van der Waals surface area contributed by atoms with Crippen LogP contribution in [-0.2, 0) is 12.8 Å². The average molecular weight is 403 g/mol. The highest BCUT2D eigenvalue weighted by Gasteiger charge is 2.07. The van der Waals surface area contributed by atoms with Crippen LogP contribution in [0.3, 0.4) is 0 Å². The molecule has 29 heavy (non-hydrogen) atoms. The van der Waals surface area contributed by atoms with Crippen LogP contribution in [0, 0.1) is 24.7 Å². The Morgan fingerprint density at radius 1 is 1.00 bits per heavy atom. The van der Waals surface area contributed by atoms with E-state index in [0.29, 0.717) is 6.42 Å². The highest BCUT2D eigenvalue weighted by molar-refractivity contribution is 5.16. The second-order valence-corrected chi connectivity index (χ2v) is 6.16. The van der Waals surface area contributed by atoms with Gasteiger partial charge in [-0.1, -0.05) is 72.5 Å². The van der Waals surface area contributed by atoms with Crippen molar-refractivity contribution in [1.29, 1.82) is 0 Å². The van der Waals surface area contributed by atoms with Crippen LogP contribution in [-0.4, -0.2) is 49.1 Å². The molecule has 2 rings (SSSR count). The van der Waals surface area contributed by atoms with Crippen LogP contribution in [0.15, 0.2) is 60.7 Å². The molecule has 0 bridgehead atoms. The maximum absolute atomic E-state index is 7.92. The molecule has 0 aromatic heterocycles. The van der Waals surface area contributed by atoms with E-state index in [2.05, 4.69) is 11.7 Å². The van der Waals surface area contributed by atoms with Gasteiger partial charge in [0.25, 0.3) is 0 Å². The first-order valence-corrected chi connectivity index (χ1v) is 9.04. The van der Waals surface area contributed by atoms with Crippen LogP contribution in [0.25, 0.3) is 0 Å². The maximum Gasteiger partial charge on any atom is 0.103 e. The molecule has 0 saturated carbocycles. The van der Waals surface area contributed by atoms with Gasteiger partial charge in [-0.05, 0) is 51.8 Å². The average Bonchev–Trinajstić information content (AvgIpc) is 2.78. The normalized spacial score (nSPS) is 18.6. The van der Waals surface area contributed by atoms with Gasteiger partial charge in [0.2, 0.25) is 0 Å². The molecule has 0 saturated heterocycles. The summed E-state index contributed by atoms with van der Waals surface area (Å²) in [6, 6.07) is 18.6. The topological polar surface area (TPSA) is 35.5 Å². The van der Waals surface area contributed by atoms with Crippen LogP contribution >= 0.6 is 0 Å². The summed E-state index contributed by atoms with van der Waals surface area (Å²) in [5, 5.41) is 10.5. The number of aliphatic hydroxyl groups is 1. The molecule has 156 valence electrons. The third-order valence-electron chi connectivity index (χ3n) is 3.70. The zero-order chi connectivity index (χ0) is 30.5. The van der Waals surface area contributed by atoms with Crippen molar-refractivity contribution in [3.63, 3.8) is 0 Å². The molecule has 3 nitrogen and oxygen atoms in total. The van der Waals surface area contributed by atoms with Gasteiger partial charge in [-0.15, -0.1) is 12.8 Å². The molecule has 2 aromatic rings. The minimum atomic E-state index is -2.58. The zero-order valence-corrected chi connectivity index (χ0v) is 16.9. The van der Waals surface area contributed by atoms with E-state index in [1.54, 1.807) is 6.92 Å². The summed E-state index contributed by atoms with van der Waals surface area (Å²) in [5.74, 6) is 3.41. The van der Waals surface area contributed by atoms with Crippen molar-refractivity contribution in [2.24, 2.45) is 0 Å². The van der Waals surface area contributed by atoms with Crippen molar-refractivity contribution in [3.05, 3.63) is 71.8 Å². The summed E-state index contributed by atoms with van der Waals surface area (Å²) in [6.45, 7) is -5.83. The lowest BCUT2D eigenvalue weighted by Gasteiger charge is -2.22. The minimum Gasteiger partial charge on any atom is -0.384 e. The third kappa shape index (κ3) is 14.1. The largest absolute Gasteiger partial charge is 0.384 e. The van der Waals surface area contributed by atoms with Crippen LogP contribution in [0.2, 0.25) is 0 Å².